The average Bonchev–Trinajstić information content (AvgIpc) is 3.41. The SMILES string of the molecule is CCc1cc2[nH]nc(/C=C/c3cccc(NC(C)=O)c3)c2cc1NC(=O)Cc1cccs1. The highest BCUT2D eigenvalue weighted by Gasteiger charge is 2.12. The van der Waals surface area contributed by atoms with Gasteiger partial charge in [0.1, 0.15) is 0 Å². The van der Waals surface area contributed by atoms with Crippen LogP contribution < -0.4 is 10.6 Å². The molecule has 0 spiro atoms. The van der Waals surface area contributed by atoms with Gasteiger partial charge in [-0.2, -0.15) is 5.10 Å². The zero-order valence-electron chi connectivity index (χ0n) is 17.9. The third kappa shape index (κ3) is 5.12. The van der Waals surface area contributed by atoms with Crippen molar-refractivity contribution in [3.05, 3.63) is 75.6 Å². The number of benzene rings is 2. The molecule has 2 aromatic heterocycles. The van der Waals surface area contributed by atoms with Gasteiger partial charge in [-0.15, -0.1) is 11.3 Å². The zero-order valence-corrected chi connectivity index (χ0v) is 18.8. The van der Waals surface area contributed by atoms with Gasteiger partial charge in [0.25, 0.3) is 0 Å². The number of aromatic amines is 1. The van der Waals surface area contributed by atoms with Gasteiger partial charge in [0.05, 0.1) is 17.6 Å². The predicted molar refractivity (Wildman–Crippen MR) is 132 cm³/mol. The standard InChI is InChI=1S/C25H24N4O2S/c1-3-18-13-24-21(15-23(18)27-25(31)14-20-8-5-11-32-20)22(28-29-24)10-9-17-6-4-7-19(12-17)26-16(2)30/h4-13,15H,3,14H2,1-2H3,(H,26,30)(H,27,31)(H,28,29)/b10-9+. The molecule has 4 aromatic rings. The average molecular weight is 445 g/mol. The number of rotatable bonds is 7. The van der Waals surface area contributed by atoms with Crippen molar-refractivity contribution in [1.82, 2.24) is 10.2 Å². The van der Waals surface area contributed by atoms with Crippen molar-refractivity contribution < 1.29 is 9.59 Å². The summed E-state index contributed by atoms with van der Waals surface area (Å²) in [4.78, 5) is 24.9. The second kappa shape index (κ2) is 9.62. The van der Waals surface area contributed by atoms with Crippen LogP contribution >= 0.6 is 11.3 Å². The molecule has 0 atom stereocenters. The number of nitrogens with one attached hydrogen (secondary N) is 3. The van der Waals surface area contributed by atoms with E-state index in [1.54, 1.807) is 11.3 Å². The zero-order chi connectivity index (χ0) is 22.5. The maximum absolute atomic E-state index is 12.6. The summed E-state index contributed by atoms with van der Waals surface area (Å²) in [5.74, 6) is -0.137. The van der Waals surface area contributed by atoms with E-state index in [4.69, 9.17) is 0 Å². The lowest BCUT2D eigenvalue weighted by Crippen LogP contribution is -2.15. The Labute approximate surface area is 190 Å². The van der Waals surface area contributed by atoms with E-state index < -0.39 is 0 Å². The molecule has 162 valence electrons. The number of carbonyl (C=O) groups is 2. The fourth-order valence-electron chi connectivity index (χ4n) is 3.53. The molecule has 2 heterocycles. The van der Waals surface area contributed by atoms with Gasteiger partial charge in [0.15, 0.2) is 0 Å². The van der Waals surface area contributed by atoms with Gasteiger partial charge < -0.3 is 10.6 Å². The van der Waals surface area contributed by atoms with Crippen LogP contribution in [0, 0.1) is 0 Å². The number of amides is 2. The molecular formula is C25H24N4O2S. The van der Waals surface area contributed by atoms with Crippen LogP contribution in [0.5, 0.6) is 0 Å². The molecule has 0 aliphatic carbocycles. The number of thiophene rings is 1. The number of anilines is 2. The van der Waals surface area contributed by atoms with Crippen LogP contribution in [-0.4, -0.2) is 22.0 Å². The van der Waals surface area contributed by atoms with Crippen molar-refractivity contribution in [2.24, 2.45) is 0 Å². The summed E-state index contributed by atoms with van der Waals surface area (Å²) in [6.45, 7) is 3.55. The van der Waals surface area contributed by atoms with Crippen molar-refractivity contribution in [3.63, 3.8) is 0 Å². The number of aryl methyl sites for hydroxylation is 1. The first-order valence-corrected chi connectivity index (χ1v) is 11.3. The Balaban J connectivity index is 1.59. The van der Waals surface area contributed by atoms with Crippen LogP contribution in [0.3, 0.4) is 0 Å². The van der Waals surface area contributed by atoms with Gasteiger partial charge >= 0.3 is 0 Å². The van der Waals surface area contributed by atoms with E-state index in [-0.39, 0.29) is 11.8 Å². The van der Waals surface area contributed by atoms with E-state index in [2.05, 4.69) is 27.8 Å². The molecule has 2 aromatic carbocycles. The van der Waals surface area contributed by atoms with E-state index in [1.165, 1.54) is 6.92 Å². The quantitative estimate of drug-likeness (QED) is 0.352. The summed E-state index contributed by atoms with van der Waals surface area (Å²) in [6, 6.07) is 15.5. The highest BCUT2D eigenvalue weighted by molar-refractivity contribution is 7.10. The highest BCUT2D eigenvalue weighted by atomic mass is 32.1. The number of nitrogens with zero attached hydrogens (tertiary/aromatic N) is 1. The normalized spacial score (nSPS) is 11.2. The third-order valence-electron chi connectivity index (χ3n) is 5.03. The first kappa shape index (κ1) is 21.5. The first-order chi connectivity index (χ1) is 15.5. The largest absolute Gasteiger partial charge is 0.326 e. The lowest BCUT2D eigenvalue weighted by molar-refractivity contribution is -0.115. The van der Waals surface area contributed by atoms with E-state index in [1.807, 2.05) is 66.1 Å². The minimum absolute atomic E-state index is 0.0307. The molecule has 0 saturated heterocycles. The summed E-state index contributed by atoms with van der Waals surface area (Å²) in [5, 5.41) is 16.3. The minimum Gasteiger partial charge on any atom is -0.326 e. The Morgan fingerprint density at radius 1 is 1.09 bits per heavy atom. The number of fused-ring (bicyclic) bond motifs is 1. The predicted octanol–water partition coefficient (Wildman–Crippen LogP) is 5.50. The van der Waals surface area contributed by atoms with Crippen LogP contribution in [0.2, 0.25) is 0 Å². The van der Waals surface area contributed by atoms with Gasteiger partial charge in [-0.05, 0) is 59.3 Å². The monoisotopic (exact) mass is 444 g/mol. The van der Waals surface area contributed by atoms with Crippen LogP contribution in [0.1, 0.15) is 35.5 Å². The molecule has 0 unspecified atom stereocenters. The lowest BCUT2D eigenvalue weighted by Gasteiger charge is -2.10. The van der Waals surface area contributed by atoms with Gasteiger partial charge in [-0.3, -0.25) is 14.7 Å². The van der Waals surface area contributed by atoms with Gasteiger partial charge in [-0.1, -0.05) is 31.2 Å². The third-order valence-corrected chi connectivity index (χ3v) is 5.90. The molecule has 0 radical (unpaired) electrons. The number of carbonyl (C=O) groups excluding carboxylic acids is 2. The molecular weight excluding hydrogens is 420 g/mol. The second-order valence-corrected chi connectivity index (χ2v) is 8.49. The van der Waals surface area contributed by atoms with Gasteiger partial charge in [0, 0.05) is 28.6 Å². The summed E-state index contributed by atoms with van der Waals surface area (Å²) in [7, 11) is 0. The molecule has 0 fully saturated rings. The smallest absolute Gasteiger partial charge is 0.229 e. The van der Waals surface area contributed by atoms with E-state index >= 15 is 0 Å². The van der Waals surface area contributed by atoms with Crippen LogP contribution in [-0.2, 0) is 22.4 Å². The topological polar surface area (TPSA) is 86.9 Å². The molecule has 2 amide bonds. The maximum atomic E-state index is 12.6. The summed E-state index contributed by atoms with van der Waals surface area (Å²) >= 11 is 1.58. The Morgan fingerprint density at radius 2 is 1.97 bits per heavy atom. The molecule has 6 nitrogen and oxygen atoms in total. The fourth-order valence-corrected chi connectivity index (χ4v) is 4.23. The van der Waals surface area contributed by atoms with Crippen molar-refractivity contribution in [2.75, 3.05) is 10.6 Å². The van der Waals surface area contributed by atoms with Crippen molar-refractivity contribution in [3.8, 4) is 0 Å². The van der Waals surface area contributed by atoms with Crippen LogP contribution in [0.25, 0.3) is 23.1 Å². The van der Waals surface area contributed by atoms with Crippen LogP contribution in [0.4, 0.5) is 11.4 Å². The minimum atomic E-state index is -0.107. The van der Waals surface area contributed by atoms with Crippen LogP contribution in [0.15, 0.2) is 53.9 Å². The first-order valence-electron chi connectivity index (χ1n) is 10.4. The summed E-state index contributed by atoms with van der Waals surface area (Å²) < 4.78 is 0. The molecule has 7 heteroatoms. The number of H-pyrrole nitrogens is 1. The number of hydrogen-bond acceptors (Lipinski definition) is 4. The Morgan fingerprint density at radius 3 is 2.72 bits per heavy atom. The van der Waals surface area contributed by atoms with E-state index in [0.717, 1.165) is 50.4 Å². The maximum Gasteiger partial charge on any atom is 0.229 e. The fraction of sp³-hybridized carbons (Fsp3) is 0.160. The number of aromatic nitrogens is 2. The Hall–Kier alpha value is -3.71. The lowest BCUT2D eigenvalue weighted by atomic mass is 10.1. The second-order valence-electron chi connectivity index (χ2n) is 7.46. The van der Waals surface area contributed by atoms with Crippen molar-refractivity contribution in [2.45, 2.75) is 26.7 Å². The molecule has 0 bridgehead atoms. The number of hydrogen-bond donors (Lipinski definition) is 3. The molecule has 0 saturated carbocycles. The molecule has 0 aliphatic heterocycles. The van der Waals surface area contributed by atoms with Gasteiger partial charge in [0.2, 0.25) is 11.8 Å². The highest BCUT2D eigenvalue weighted by Crippen LogP contribution is 2.27. The summed E-state index contributed by atoms with van der Waals surface area (Å²) in [6.07, 6.45) is 5.03. The van der Waals surface area contributed by atoms with E-state index in [9.17, 15) is 9.59 Å². The van der Waals surface area contributed by atoms with Crippen molar-refractivity contribution >= 4 is 57.6 Å². The summed E-state index contributed by atoms with van der Waals surface area (Å²) in [5.41, 5.74) is 5.26. The molecule has 32 heavy (non-hydrogen) atoms. The Bertz CT molecular complexity index is 1290. The Kier molecular flexibility index (Phi) is 6.47. The van der Waals surface area contributed by atoms with E-state index in [0.29, 0.717) is 6.42 Å². The molecule has 0 aliphatic rings. The van der Waals surface area contributed by atoms with Crippen molar-refractivity contribution in [1.29, 1.82) is 0 Å². The van der Waals surface area contributed by atoms with Gasteiger partial charge in [-0.25, -0.2) is 0 Å². The molecule has 4 rings (SSSR count). The molecule has 3 N–H and O–H groups in total.